The van der Waals surface area contributed by atoms with E-state index in [4.69, 9.17) is 5.11 Å². The number of hydrogen-bond donors (Lipinski definition) is 2. The molecule has 1 fully saturated rings. The number of piperidine rings is 1. The van der Waals surface area contributed by atoms with Crippen molar-refractivity contribution in [3.8, 4) is 0 Å². The lowest BCUT2D eigenvalue weighted by atomic mass is 9.87. The maximum absolute atomic E-state index is 10.6. The van der Waals surface area contributed by atoms with Crippen molar-refractivity contribution in [3.63, 3.8) is 0 Å². The molecule has 0 aliphatic carbocycles. The van der Waals surface area contributed by atoms with Crippen molar-refractivity contribution >= 4 is 5.97 Å². The second-order valence-electron chi connectivity index (χ2n) is 4.87. The second-order valence-corrected chi connectivity index (χ2v) is 4.87. The number of carboxylic acid groups (broad SMARTS) is 1. The largest absolute Gasteiger partial charge is 0.480 e. The normalized spacial score (nSPS) is 28.3. The quantitative estimate of drug-likeness (QED) is 0.728. The molecule has 1 saturated heterocycles. The van der Waals surface area contributed by atoms with Crippen LogP contribution >= 0.6 is 0 Å². The third kappa shape index (κ3) is 4.18. The van der Waals surface area contributed by atoms with E-state index in [1.807, 2.05) is 4.90 Å². The van der Waals surface area contributed by atoms with Gasteiger partial charge < -0.3 is 10.2 Å². The number of likely N-dealkylation sites (tertiary alicyclic amines) is 1. The summed E-state index contributed by atoms with van der Waals surface area (Å²) in [5.74, 6) is 0.00205. The first-order chi connectivity index (χ1) is 6.99. The highest BCUT2D eigenvalue weighted by molar-refractivity contribution is 5.69. The molecule has 0 aromatic rings. The second kappa shape index (κ2) is 5.47. The molecular weight excluding hydrogens is 194 g/mol. The molecule has 4 heteroatoms. The van der Waals surface area contributed by atoms with Gasteiger partial charge in [-0.25, -0.2) is 0 Å². The van der Waals surface area contributed by atoms with E-state index in [0.29, 0.717) is 25.4 Å². The number of nitrogens with zero attached hydrogens (tertiary/aromatic N) is 1. The van der Waals surface area contributed by atoms with Gasteiger partial charge in [-0.1, -0.05) is 13.8 Å². The van der Waals surface area contributed by atoms with Crippen molar-refractivity contribution in [2.45, 2.75) is 32.8 Å². The SMILES string of the molecule is CC(C)C[C@@H]1CN(CC(=O)O)CC[C@@H]1O. The lowest BCUT2D eigenvalue weighted by molar-refractivity contribution is -0.139. The summed E-state index contributed by atoms with van der Waals surface area (Å²) in [5.41, 5.74) is 0. The minimum absolute atomic E-state index is 0.0985. The molecule has 1 heterocycles. The Kier molecular flexibility index (Phi) is 4.54. The molecule has 0 spiro atoms. The Bertz CT molecular complexity index is 218. The van der Waals surface area contributed by atoms with Crippen LogP contribution in [0, 0.1) is 11.8 Å². The monoisotopic (exact) mass is 215 g/mol. The van der Waals surface area contributed by atoms with Gasteiger partial charge in [0.25, 0.3) is 0 Å². The van der Waals surface area contributed by atoms with E-state index in [1.54, 1.807) is 0 Å². The summed E-state index contributed by atoms with van der Waals surface area (Å²) in [7, 11) is 0. The van der Waals surface area contributed by atoms with Crippen LogP contribution in [0.5, 0.6) is 0 Å². The van der Waals surface area contributed by atoms with Crippen LogP contribution < -0.4 is 0 Å². The first-order valence-corrected chi connectivity index (χ1v) is 5.61. The number of aliphatic hydroxyl groups is 1. The number of hydrogen-bond acceptors (Lipinski definition) is 3. The van der Waals surface area contributed by atoms with E-state index in [-0.39, 0.29) is 18.6 Å². The van der Waals surface area contributed by atoms with Crippen LogP contribution in [0.25, 0.3) is 0 Å². The minimum Gasteiger partial charge on any atom is -0.480 e. The van der Waals surface area contributed by atoms with E-state index in [1.165, 1.54) is 0 Å². The van der Waals surface area contributed by atoms with E-state index >= 15 is 0 Å². The third-order valence-electron chi connectivity index (χ3n) is 2.91. The molecule has 2 N–H and O–H groups in total. The predicted molar refractivity (Wildman–Crippen MR) is 57.6 cm³/mol. The average Bonchev–Trinajstić information content (AvgIpc) is 2.09. The molecule has 0 saturated carbocycles. The first-order valence-electron chi connectivity index (χ1n) is 5.61. The molecule has 0 bridgehead atoms. The van der Waals surface area contributed by atoms with Crippen LogP contribution in [-0.2, 0) is 4.79 Å². The van der Waals surface area contributed by atoms with Crippen LogP contribution in [0.3, 0.4) is 0 Å². The van der Waals surface area contributed by atoms with Gasteiger partial charge in [0, 0.05) is 13.1 Å². The average molecular weight is 215 g/mol. The fourth-order valence-electron chi connectivity index (χ4n) is 2.27. The maximum Gasteiger partial charge on any atom is 0.317 e. The zero-order valence-electron chi connectivity index (χ0n) is 9.52. The molecule has 0 aromatic heterocycles. The van der Waals surface area contributed by atoms with Gasteiger partial charge in [0.05, 0.1) is 12.6 Å². The smallest absolute Gasteiger partial charge is 0.317 e. The molecule has 2 atom stereocenters. The molecule has 0 aromatic carbocycles. The van der Waals surface area contributed by atoms with Gasteiger partial charge in [-0.05, 0) is 24.7 Å². The standard InChI is InChI=1S/C11H21NO3/c1-8(2)5-9-6-12(7-11(14)15)4-3-10(9)13/h8-10,13H,3-7H2,1-2H3,(H,14,15)/t9-,10+/m1/s1. The number of aliphatic carboxylic acids is 1. The van der Waals surface area contributed by atoms with Crippen LogP contribution in [0.1, 0.15) is 26.7 Å². The third-order valence-corrected chi connectivity index (χ3v) is 2.91. The lowest BCUT2D eigenvalue weighted by Crippen LogP contribution is -2.45. The van der Waals surface area contributed by atoms with Crippen molar-refractivity contribution in [1.82, 2.24) is 4.90 Å². The summed E-state index contributed by atoms with van der Waals surface area (Å²) >= 11 is 0. The fraction of sp³-hybridized carbons (Fsp3) is 0.909. The number of aliphatic hydroxyl groups excluding tert-OH is 1. The number of rotatable bonds is 4. The number of carboxylic acids is 1. The van der Waals surface area contributed by atoms with Gasteiger partial charge in [0.1, 0.15) is 0 Å². The first kappa shape index (κ1) is 12.5. The number of carbonyl (C=O) groups is 1. The van der Waals surface area contributed by atoms with Crippen molar-refractivity contribution in [2.75, 3.05) is 19.6 Å². The zero-order chi connectivity index (χ0) is 11.4. The van der Waals surface area contributed by atoms with Crippen molar-refractivity contribution in [1.29, 1.82) is 0 Å². The Morgan fingerprint density at radius 2 is 2.20 bits per heavy atom. The molecule has 0 unspecified atom stereocenters. The van der Waals surface area contributed by atoms with E-state index < -0.39 is 5.97 Å². The van der Waals surface area contributed by atoms with E-state index in [2.05, 4.69) is 13.8 Å². The van der Waals surface area contributed by atoms with Gasteiger partial charge in [0.15, 0.2) is 0 Å². The summed E-state index contributed by atoms with van der Waals surface area (Å²) in [4.78, 5) is 12.5. The van der Waals surface area contributed by atoms with Crippen molar-refractivity contribution in [2.24, 2.45) is 11.8 Å². The minimum atomic E-state index is -0.783. The highest BCUT2D eigenvalue weighted by atomic mass is 16.4. The highest BCUT2D eigenvalue weighted by Crippen LogP contribution is 2.23. The molecule has 1 aliphatic heterocycles. The Labute approximate surface area is 90.9 Å². The van der Waals surface area contributed by atoms with E-state index in [9.17, 15) is 9.90 Å². The molecule has 4 nitrogen and oxygen atoms in total. The highest BCUT2D eigenvalue weighted by Gasteiger charge is 2.28. The van der Waals surface area contributed by atoms with Gasteiger partial charge in [0.2, 0.25) is 0 Å². The molecule has 0 amide bonds. The Hall–Kier alpha value is -0.610. The Morgan fingerprint density at radius 3 is 2.73 bits per heavy atom. The molecule has 15 heavy (non-hydrogen) atoms. The molecule has 1 aliphatic rings. The summed E-state index contributed by atoms with van der Waals surface area (Å²) in [6, 6.07) is 0. The fourth-order valence-corrected chi connectivity index (χ4v) is 2.27. The van der Waals surface area contributed by atoms with Gasteiger partial charge >= 0.3 is 5.97 Å². The maximum atomic E-state index is 10.6. The summed E-state index contributed by atoms with van der Waals surface area (Å²) in [5, 5.41) is 18.5. The van der Waals surface area contributed by atoms with Crippen molar-refractivity contribution < 1.29 is 15.0 Å². The van der Waals surface area contributed by atoms with Crippen LogP contribution in [0.2, 0.25) is 0 Å². The van der Waals surface area contributed by atoms with Gasteiger partial charge in [-0.2, -0.15) is 0 Å². The Morgan fingerprint density at radius 1 is 1.53 bits per heavy atom. The van der Waals surface area contributed by atoms with Crippen LogP contribution in [0.4, 0.5) is 0 Å². The molecular formula is C11H21NO3. The summed E-state index contributed by atoms with van der Waals surface area (Å²) in [6.45, 7) is 5.76. The van der Waals surface area contributed by atoms with Gasteiger partial charge in [-0.3, -0.25) is 9.69 Å². The summed E-state index contributed by atoms with van der Waals surface area (Å²) < 4.78 is 0. The molecule has 1 rings (SSSR count). The van der Waals surface area contributed by atoms with Crippen molar-refractivity contribution in [3.05, 3.63) is 0 Å². The Balaban J connectivity index is 2.44. The summed E-state index contributed by atoms with van der Waals surface area (Å²) in [6.07, 6.45) is 1.42. The van der Waals surface area contributed by atoms with E-state index in [0.717, 1.165) is 6.42 Å². The van der Waals surface area contributed by atoms with Crippen LogP contribution in [0.15, 0.2) is 0 Å². The molecule has 0 radical (unpaired) electrons. The van der Waals surface area contributed by atoms with Gasteiger partial charge in [-0.15, -0.1) is 0 Å². The lowest BCUT2D eigenvalue weighted by Gasteiger charge is -2.36. The zero-order valence-corrected chi connectivity index (χ0v) is 9.52. The van der Waals surface area contributed by atoms with Crippen LogP contribution in [-0.4, -0.2) is 46.8 Å². The topological polar surface area (TPSA) is 60.8 Å². The predicted octanol–water partition coefficient (Wildman–Crippen LogP) is 0.800. The molecule has 88 valence electrons.